The van der Waals surface area contributed by atoms with Gasteiger partial charge in [0, 0.05) is 47.3 Å². The minimum absolute atomic E-state index is 0.0367. The molecule has 4 nitrogen and oxygen atoms in total. The van der Waals surface area contributed by atoms with Gasteiger partial charge < -0.3 is 14.8 Å². The summed E-state index contributed by atoms with van der Waals surface area (Å²) in [5.41, 5.74) is 5.50. The number of nitrogens with one attached hydrogen (secondary N) is 1. The van der Waals surface area contributed by atoms with Gasteiger partial charge in [-0.25, -0.2) is 0 Å². The molecule has 1 aliphatic rings. The molecule has 2 heterocycles. The number of amides is 1. The van der Waals surface area contributed by atoms with Crippen LogP contribution in [0, 0.1) is 0 Å². The number of aromatic nitrogens is 1. The Labute approximate surface area is 206 Å². The lowest BCUT2D eigenvalue weighted by atomic mass is 10.0. The molecule has 0 aliphatic carbocycles. The highest BCUT2D eigenvalue weighted by Crippen LogP contribution is 2.23. The van der Waals surface area contributed by atoms with Crippen LogP contribution in [0.2, 0.25) is 5.02 Å². The van der Waals surface area contributed by atoms with E-state index in [9.17, 15) is 4.79 Å². The lowest BCUT2D eigenvalue weighted by Crippen LogP contribution is -2.23. The van der Waals surface area contributed by atoms with Gasteiger partial charge in [0.2, 0.25) is 5.91 Å². The van der Waals surface area contributed by atoms with Gasteiger partial charge in [-0.3, -0.25) is 4.79 Å². The molecule has 0 bridgehead atoms. The van der Waals surface area contributed by atoms with E-state index >= 15 is 0 Å². The van der Waals surface area contributed by atoms with Gasteiger partial charge in [0.15, 0.2) is 0 Å². The van der Waals surface area contributed by atoms with Gasteiger partial charge in [0.25, 0.3) is 0 Å². The van der Waals surface area contributed by atoms with Crippen LogP contribution in [0.3, 0.4) is 0 Å². The van der Waals surface area contributed by atoms with E-state index < -0.39 is 0 Å². The molecular weight excluding hydrogens is 442 g/mol. The summed E-state index contributed by atoms with van der Waals surface area (Å²) in [6.45, 7) is 4.55. The number of benzene rings is 3. The zero-order chi connectivity index (χ0) is 23.3. The Hall–Kier alpha value is -3.08. The van der Waals surface area contributed by atoms with Crippen molar-refractivity contribution in [3.8, 4) is 11.1 Å². The van der Waals surface area contributed by atoms with Crippen molar-refractivity contribution in [2.24, 2.45) is 0 Å². The number of carbonyl (C=O) groups is 1. The Bertz CT molecular complexity index is 1260. The first-order valence-corrected chi connectivity index (χ1v) is 12.5. The molecule has 3 aromatic carbocycles. The first kappa shape index (κ1) is 22.7. The van der Waals surface area contributed by atoms with E-state index in [1.807, 2.05) is 30.3 Å². The second-order valence-electron chi connectivity index (χ2n) is 9.08. The van der Waals surface area contributed by atoms with Gasteiger partial charge in [-0.2, -0.15) is 0 Å². The molecule has 0 spiro atoms. The number of nitrogens with zero attached hydrogens (tertiary/aromatic N) is 2. The smallest absolute Gasteiger partial charge is 0.224 e. The molecule has 1 aliphatic heterocycles. The van der Waals surface area contributed by atoms with Crippen LogP contribution < -0.4 is 5.32 Å². The van der Waals surface area contributed by atoms with Crippen LogP contribution in [0.1, 0.15) is 24.8 Å². The second-order valence-corrected chi connectivity index (χ2v) is 9.52. The van der Waals surface area contributed by atoms with Gasteiger partial charge >= 0.3 is 0 Å². The van der Waals surface area contributed by atoms with Crippen molar-refractivity contribution in [1.29, 1.82) is 0 Å². The number of anilines is 1. The zero-order valence-corrected chi connectivity index (χ0v) is 20.1. The molecule has 0 atom stereocenters. The summed E-state index contributed by atoms with van der Waals surface area (Å²) in [4.78, 5) is 15.1. The third kappa shape index (κ3) is 5.52. The Morgan fingerprint density at radius 1 is 0.853 bits per heavy atom. The third-order valence-electron chi connectivity index (χ3n) is 6.68. The highest BCUT2D eigenvalue weighted by molar-refractivity contribution is 6.30. The van der Waals surface area contributed by atoms with Crippen molar-refractivity contribution in [2.75, 3.05) is 25.0 Å². The lowest BCUT2D eigenvalue weighted by Gasteiger charge is -2.15. The number of hydrogen-bond acceptors (Lipinski definition) is 2. The fourth-order valence-electron chi connectivity index (χ4n) is 4.72. The average molecular weight is 472 g/mol. The molecule has 5 rings (SSSR count). The van der Waals surface area contributed by atoms with E-state index in [0.29, 0.717) is 12.8 Å². The molecule has 1 aromatic heterocycles. The third-order valence-corrected chi connectivity index (χ3v) is 6.93. The fourth-order valence-corrected chi connectivity index (χ4v) is 4.84. The van der Waals surface area contributed by atoms with Crippen LogP contribution in [0.4, 0.5) is 5.69 Å². The Morgan fingerprint density at radius 3 is 2.29 bits per heavy atom. The van der Waals surface area contributed by atoms with Crippen molar-refractivity contribution in [2.45, 2.75) is 32.2 Å². The minimum atomic E-state index is 0.0367. The number of rotatable bonds is 8. The summed E-state index contributed by atoms with van der Waals surface area (Å²) in [5.74, 6) is 0.0367. The standard InChI is InChI=1S/C29H30ClN3O/c30-26-10-8-24(9-11-26)23-6-3-22(4-7-23)5-14-29(34)31-27-12-13-28-25(21-27)15-18-33(28)20-19-32-16-1-2-17-32/h3-4,6-13,15,18,21H,1-2,5,14,16-17,19-20H2,(H,31,34). The molecular formula is C29H30ClN3O. The van der Waals surface area contributed by atoms with Crippen LogP contribution >= 0.6 is 11.6 Å². The number of aryl methyl sites for hydroxylation is 1. The van der Waals surface area contributed by atoms with Gasteiger partial charge in [0.05, 0.1) is 0 Å². The molecule has 1 fully saturated rings. The maximum absolute atomic E-state index is 12.6. The summed E-state index contributed by atoms with van der Waals surface area (Å²) >= 11 is 5.98. The molecule has 1 amide bonds. The van der Waals surface area contributed by atoms with E-state index in [4.69, 9.17) is 11.6 Å². The van der Waals surface area contributed by atoms with Crippen molar-refractivity contribution in [3.05, 3.63) is 89.6 Å². The number of carbonyl (C=O) groups excluding carboxylic acids is 1. The summed E-state index contributed by atoms with van der Waals surface area (Å²) in [5, 5.41) is 4.96. The molecule has 174 valence electrons. The molecule has 5 heteroatoms. The monoisotopic (exact) mass is 471 g/mol. The topological polar surface area (TPSA) is 37.3 Å². The normalized spacial score (nSPS) is 14.0. The van der Waals surface area contributed by atoms with Crippen LogP contribution in [0.25, 0.3) is 22.0 Å². The molecule has 1 saturated heterocycles. The average Bonchev–Trinajstić information content (AvgIpc) is 3.52. The van der Waals surface area contributed by atoms with Gasteiger partial charge in [-0.05, 0) is 85.4 Å². The quantitative estimate of drug-likeness (QED) is 0.313. The molecule has 1 N–H and O–H groups in total. The zero-order valence-electron chi connectivity index (χ0n) is 19.3. The number of fused-ring (bicyclic) bond motifs is 1. The Morgan fingerprint density at radius 2 is 1.56 bits per heavy atom. The molecule has 0 radical (unpaired) electrons. The van der Waals surface area contributed by atoms with E-state index in [0.717, 1.165) is 45.9 Å². The summed E-state index contributed by atoms with van der Waals surface area (Å²) in [6.07, 6.45) is 5.96. The summed E-state index contributed by atoms with van der Waals surface area (Å²) in [7, 11) is 0. The van der Waals surface area contributed by atoms with Crippen molar-refractivity contribution in [3.63, 3.8) is 0 Å². The molecule has 34 heavy (non-hydrogen) atoms. The van der Waals surface area contributed by atoms with E-state index in [-0.39, 0.29) is 5.91 Å². The Kier molecular flexibility index (Phi) is 6.98. The fraction of sp³-hybridized carbons (Fsp3) is 0.276. The second kappa shape index (κ2) is 10.5. The molecule has 0 unspecified atom stereocenters. The molecule has 0 saturated carbocycles. The molecule has 4 aromatic rings. The van der Waals surface area contributed by atoms with Crippen LogP contribution in [0.5, 0.6) is 0 Å². The van der Waals surface area contributed by atoms with Crippen molar-refractivity contribution < 1.29 is 4.79 Å². The predicted octanol–water partition coefficient (Wildman–Crippen LogP) is 6.63. The van der Waals surface area contributed by atoms with E-state index in [2.05, 4.69) is 63.4 Å². The maximum Gasteiger partial charge on any atom is 0.224 e. The number of halogens is 1. The van der Waals surface area contributed by atoms with Gasteiger partial charge in [0.1, 0.15) is 0 Å². The van der Waals surface area contributed by atoms with Crippen LogP contribution in [-0.4, -0.2) is 35.0 Å². The van der Waals surface area contributed by atoms with Gasteiger partial charge in [-0.1, -0.05) is 48.0 Å². The number of likely N-dealkylation sites (tertiary alicyclic amines) is 1. The minimum Gasteiger partial charge on any atom is -0.346 e. The first-order valence-electron chi connectivity index (χ1n) is 12.1. The maximum atomic E-state index is 12.6. The van der Waals surface area contributed by atoms with E-state index in [1.165, 1.54) is 31.4 Å². The largest absolute Gasteiger partial charge is 0.346 e. The van der Waals surface area contributed by atoms with E-state index in [1.54, 1.807) is 0 Å². The van der Waals surface area contributed by atoms with Gasteiger partial charge in [-0.15, -0.1) is 0 Å². The highest BCUT2D eigenvalue weighted by Gasteiger charge is 2.12. The van der Waals surface area contributed by atoms with Crippen molar-refractivity contribution >= 4 is 34.1 Å². The highest BCUT2D eigenvalue weighted by atomic mass is 35.5. The number of hydrogen-bond donors (Lipinski definition) is 1. The van der Waals surface area contributed by atoms with Crippen molar-refractivity contribution in [1.82, 2.24) is 9.47 Å². The summed E-state index contributed by atoms with van der Waals surface area (Å²) < 4.78 is 2.31. The van der Waals surface area contributed by atoms with Crippen LogP contribution in [0.15, 0.2) is 79.0 Å². The Balaban J connectivity index is 1.14. The summed E-state index contributed by atoms with van der Waals surface area (Å²) in [6, 6.07) is 24.5. The first-order chi connectivity index (χ1) is 16.6. The SMILES string of the molecule is O=C(CCc1ccc(-c2ccc(Cl)cc2)cc1)Nc1ccc2c(ccn2CCN2CCCC2)c1. The lowest BCUT2D eigenvalue weighted by molar-refractivity contribution is -0.116. The van der Waals surface area contributed by atoms with Crippen LogP contribution in [-0.2, 0) is 17.8 Å². The predicted molar refractivity (Wildman–Crippen MR) is 141 cm³/mol.